The Morgan fingerprint density at radius 2 is 1.93 bits per heavy atom. The molecule has 0 saturated heterocycles. The van der Waals surface area contributed by atoms with Crippen LogP contribution in [0.1, 0.15) is 15.9 Å². The van der Waals surface area contributed by atoms with Crippen LogP contribution in [-0.2, 0) is 6.54 Å². The van der Waals surface area contributed by atoms with Gasteiger partial charge in [-0.3, -0.25) is 9.59 Å². The van der Waals surface area contributed by atoms with Gasteiger partial charge in [-0.25, -0.2) is 14.5 Å². The molecule has 0 radical (unpaired) electrons. The molecular formula is C20H14ClN5O2S. The third-order valence-corrected chi connectivity index (χ3v) is 4.77. The normalized spacial score (nSPS) is 10.8. The third kappa shape index (κ3) is 3.94. The van der Waals surface area contributed by atoms with E-state index in [9.17, 15) is 9.59 Å². The van der Waals surface area contributed by atoms with Gasteiger partial charge in [0.2, 0.25) is 5.95 Å². The molecule has 0 aliphatic carbocycles. The largest absolute Gasteiger partial charge is 0.348 e. The molecule has 144 valence electrons. The first-order valence-corrected chi connectivity index (χ1v) is 9.41. The van der Waals surface area contributed by atoms with E-state index >= 15 is 0 Å². The number of H-pyrrole nitrogens is 1. The van der Waals surface area contributed by atoms with E-state index in [0.717, 1.165) is 5.56 Å². The predicted molar refractivity (Wildman–Crippen MR) is 113 cm³/mol. The van der Waals surface area contributed by atoms with Crippen LogP contribution in [-0.4, -0.2) is 25.4 Å². The van der Waals surface area contributed by atoms with Crippen molar-refractivity contribution in [1.29, 1.82) is 0 Å². The number of halogens is 1. The van der Waals surface area contributed by atoms with Crippen LogP contribution in [0.25, 0.3) is 16.9 Å². The number of amides is 1. The Morgan fingerprint density at radius 3 is 2.69 bits per heavy atom. The Kier molecular flexibility index (Phi) is 5.20. The van der Waals surface area contributed by atoms with Gasteiger partial charge in [0.25, 0.3) is 11.5 Å². The number of rotatable bonds is 4. The first-order valence-electron chi connectivity index (χ1n) is 8.62. The molecule has 29 heavy (non-hydrogen) atoms. The molecule has 0 spiro atoms. The highest BCUT2D eigenvalue weighted by Crippen LogP contribution is 2.13. The standard InChI is InChI=1S/C20H14ClN5O2S/c21-14-4-1-3-12(9-14)11-24-17(27)13-5-6-15-16(10-13)25-20(29)26(18(15)28)19-22-7-2-8-23-19/h1-10H,11H2,(H,24,27)(H,25,29). The second-order valence-electron chi connectivity index (χ2n) is 6.19. The molecule has 0 unspecified atom stereocenters. The Hall–Kier alpha value is -3.36. The van der Waals surface area contributed by atoms with E-state index in [-0.39, 0.29) is 22.2 Å². The average Bonchev–Trinajstić information content (AvgIpc) is 2.72. The lowest BCUT2D eigenvalue weighted by molar-refractivity contribution is 0.0951. The van der Waals surface area contributed by atoms with E-state index in [4.69, 9.17) is 23.8 Å². The second-order valence-corrected chi connectivity index (χ2v) is 7.02. The number of hydrogen-bond acceptors (Lipinski definition) is 5. The molecule has 2 aromatic carbocycles. The summed E-state index contributed by atoms with van der Waals surface area (Å²) < 4.78 is 1.36. The molecule has 0 aliphatic heterocycles. The number of carbonyl (C=O) groups is 1. The lowest BCUT2D eigenvalue weighted by atomic mass is 10.1. The molecule has 4 rings (SSSR count). The lowest BCUT2D eigenvalue weighted by Crippen LogP contribution is -2.24. The minimum atomic E-state index is -0.360. The summed E-state index contributed by atoms with van der Waals surface area (Å²) >= 11 is 11.3. The monoisotopic (exact) mass is 423 g/mol. The van der Waals surface area contributed by atoms with Crippen molar-refractivity contribution < 1.29 is 4.79 Å². The number of benzene rings is 2. The molecule has 0 bridgehead atoms. The van der Waals surface area contributed by atoms with Crippen molar-refractivity contribution in [3.05, 3.63) is 92.2 Å². The SMILES string of the molecule is O=C(NCc1cccc(Cl)c1)c1ccc2c(=O)n(-c3ncccn3)c(=S)[nH]c2c1. The van der Waals surface area contributed by atoms with Crippen molar-refractivity contribution in [3.63, 3.8) is 0 Å². The first-order chi connectivity index (χ1) is 14.0. The van der Waals surface area contributed by atoms with Crippen LogP contribution in [0.5, 0.6) is 0 Å². The van der Waals surface area contributed by atoms with Crippen LogP contribution in [0.2, 0.25) is 5.02 Å². The fourth-order valence-electron chi connectivity index (χ4n) is 2.88. The van der Waals surface area contributed by atoms with Crippen LogP contribution in [0.4, 0.5) is 0 Å². The number of nitrogens with zero attached hydrogens (tertiary/aromatic N) is 3. The van der Waals surface area contributed by atoms with Crippen molar-refractivity contribution in [2.24, 2.45) is 0 Å². The van der Waals surface area contributed by atoms with E-state index in [1.165, 1.54) is 17.0 Å². The lowest BCUT2D eigenvalue weighted by Gasteiger charge is -2.09. The van der Waals surface area contributed by atoms with E-state index in [1.54, 1.807) is 36.4 Å². The van der Waals surface area contributed by atoms with Gasteiger partial charge in [0.05, 0.1) is 10.9 Å². The maximum absolute atomic E-state index is 12.9. The Balaban J connectivity index is 1.65. The second kappa shape index (κ2) is 7.94. The van der Waals surface area contributed by atoms with Gasteiger partial charge in [0.1, 0.15) is 0 Å². The van der Waals surface area contributed by atoms with Crippen LogP contribution in [0.3, 0.4) is 0 Å². The number of aromatic nitrogens is 4. The highest BCUT2D eigenvalue weighted by Gasteiger charge is 2.12. The van der Waals surface area contributed by atoms with Gasteiger partial charge >= 0.3 is 0 Å². The van der Waals surface area contributed by atoms with Gasteiger partial charge in [-0.05, 0) is 54.2 Å². The average molecular weight is 424 g/mol. The minimum absolute atomic E-state index is 0.144. The maximum Gasteiger partial charge on any atom is 0.269 e. The van der Waals surface area contributed by atoms with Crippen molar-refractivity contribution in [2.45, 2.75) is 6.54 Å². The molecule has 7 nitrogen and oxygen atoms in total. The molecule has 1 amide bonds. The summed E-state index contributed by atoms with van der Waals surface area (Å²) in [7, 11) is 0. The van der Waals surface area contributed by atoms with Gasteiger partial charge in [-0.2, -0.15) is 0 Å². The van der Waals surface area contributed by atoms with Gasteiger partial charge in [-0.1, -0.05) is 23.7 Å². The summed E-state index contributed by atoms with van der Waals surface area (Å²) in [6.07, 6.45) is 3.06. The number of carbonyl (C=O) groups excluding carboxylic acids is 1. The van der Waals surface area contributed by atoms with Crippen LogP contribution in [0.15, 0.2) is 65.7 Å². The third-order valence-electron chi connectivity index (χ3n) is 4.25. The van der Waals surface area contributed by atoms with Gasteiger partial charge < -0.3 is 10.3 Å². The molecular weight excluding hydrogens is 410 g/mol. The highest BCUT2D eigenvalue weighted by atomic mass is 35.5. The molecule has 2 heterocycles. The maximum atomic E-state index is 12.9. The Morgan fingerprint density at radius 1 is 1.14 bits per heavy atom. The fraction of sp³-hybridized carbons (Fsp3) is 0.0500. The summed E-state index contributed by atoms with van der Waals surface area (Å²) in [5.74, 6) is -0.0919. The van der Waals surface area contributed by atoms with Crippen LogP contribution in [0, 0.1) is 4.77 Å². The van der Waals surface area contributed by atoms with Crippen LogP contribution >= 0.6 is 23.8 Å². The van der Waals surface area contributed by atoms with Gasteiger partial charge in [0.15, 0.2) is 4.77 Å². The smallest absolute Gasteiger partial charge is 0.269 e. The quantitative estimate of drug-likeness (QED) is 0.490. The molecule has 0 fully saturated rings. The zero-order valence-corrected chi connectivity index (χ0v) is 16.5. The fourth-order valence-corrected chi connectivity index (χ4v) is 3.37. The summed E-state index contributed by atoms with van der Waals surface area (Å²) in [6, 6.07) is 13.7. The summed E-state index contributed by atoms with van der Waals surface area (Å²) in [5, 5.41) is 3.81. The molecule has 0 atom stereocenters. The number of aromatic amines is 1. The molecule has 2 aromatic heterocycles. The van der Waals surface area contributed by atoms with Crippen LogP contribution < -0.4 is 10.9 Å². The predicted octanol–water partition coefficient (Wildman–Crippen LogP) is 3.42. The highest BCUT2D eigenvalue weighted by molar-refractivity contribution is 7.71. The molecule has 0 aliphatic rings. The van der Waals surface area contributed by atoms with Gasteiger partial charge in [0, 0.05) is 29.5 Å². The van der Waals surface area contributed by atoms with Crippen molar-refractivity contribution in [1.82, 2.24) is 24.8 Å². The molecule has 2 N–H and O–H groups in total. The van der Waals surface area contributed by atoms with E-state index in [0.29, 0.717) is 28.0 Å². The summed E-state index contributed by atoms with van der Waals surface area (Å²) in [6.45, 7) is 0.334. The number of hydrogen-bond donors (Lipinski definition) is 2. The zero-order chi connectivity index (χ0) is 20.4. The van der Waals surface area contributed by atoms with E-state index in [2.05, 4.69) is 20.3 Å². The van der Waals surface area contributed by atoms with E-state index in [1.807, 2.05) is 12.1 Å². The van der Waals surface area contributed by atoms with Crippen molar-refractivity contribution in [2.75, 3.05) is 0 Å². The first kappa shape index (κ1) is 19.0. The molecule has 9 heteroatoms. The summed E-state index contributed by atoms with van der Waals surface area (Å²) in [4.78, 5) is 36.5. The zero-order valence-electron chi connectivity index (χ0n) is 14.9. The summed E-state index contributed by atoms with van der Waals surface area (Å²) in [5.41, 5.74) is 1.39. The van der Waals surface area contributed by atoms with Crippen molar-refractivity contribution in [3.8, 4) is 5.95 Å². The Labute approximate surface area is 175 Å². The minimum Gasteiger partial charge on any atom is -0.348 e. The number of fused-ring (bicyclic) bond motifs is 1. The van der Waals surface area contributed by atoms with E-state index < -0.39 is 0 Å². The Bertz CT molecular complexity index is 1330. The van der Waals surface area contributed by atoms with Gasteiger partial charge in [-0.15, -0.1) is 0 Å². The number of nitrogens with one attached hydrogen (secondary N) is 2. The topological polar surface area (TPSA) is 92.7 Å². The molecule has 4 aromatic rings. The molecule has 0 saturated carbocycles. The van der Waals surface area contributed by atoms with Crippen molar-refractivity contribution >= 4 is 40.6 Å².